The number of nitrogens with two attached hydrogens (primary N) is 1. The van der Waals surface area contributed by atoms with E-state index in [0.29, 0.717) is 10.0 Å². The number of nitro groups is 1. The fourth-order valence-electron chi connectivity index (χ4n) is 1.74. The van der Waals surface area contributed by atoms with Gasteiger partial charge in [-0.15, -0.1) is 0 Å². The lowest BCUT2D eigenvalue weighted by molar-refractivity contribution is -0.385. The minimum Gasteiger partial charge on any atom is -0.446 e. The van der Waals surface area contributed by atoms with Crippen LogP contribution in [-0.4, -0.2) is 4.92 Å². The lowest BCUT2D eigenvalue weighted by Gasteiger charge is -2.11. The summed E-state index contributed by atoms with van der Waals surface area (Å²) < 4.78 is 19.7. The zero-order valence-corrected chi connectivity index (χ0v) is 12.6. The summed E-state index contributed by atoms with van der Waals surface area (Å²) >= 11 is 3.16. The van der Waals surface area contributed by atoms with Crippen LogP contribution in [0.3, 0.4) is 0 Å². The Balaban J connectivity index is 2.41. The molecule has 2 N–H and O–H groups in total. The van der Waals surface area contributed by atoms with Crippen molar-refractivity contribution in [3.63, 3.8) is 0 Å². The molecule has 110 valence electrons. The maximum absolute atomic E-state index is 14.0. The van der Waals surface area contributed by atoms with Gasteiger partial charge < -0.3 is 10.5 Å². The molecule has 0 aliphatic rings. The van der Waals surface area contributed by atoms with Gasteiger partial charge in [0.25, 0.3) is 0 Å². The van der Waals surface area contributed by atoms with Gasteiger partial charge in [0.1, 0.15) is 0 Å². The predicted molar refractivity (Wildman–Crippen MR) is 79.9 cm³/mol. The maximum Gasteiger partial charge on any atom is 0.312 e. The summed E-state index contributed by atoms with van der Waals surface area (Å²) in [5.41, 5.74) is 6.03. The number of hydrogen-bond donors (Lipinski definition) is 1. The molecule has 0 saturated carbocycles. The van der Waals surface area contributed by atoms with Crippen molar-refractivity contribution in [3.05, 3.63) is 62.4 Å². The van der Waals surface area contributed by atoms with Gasteiger partial charge in [-0.05, 0) is 46.6 Å². The molecule has 0 aromatic heterocycles. The van der Waals surface area contributed by atoms with E-state index in [4.69, 9.17) is 10.5 Å². The first-order chi connectivity index (χ1) is 9.90. The van der Waals surface area contributed by atoms with Crippen LogP contribution in [0.15, 0.2) is 40.9 Å². The highest BCUT2D eigenvalue weighted by Crippen LogP contribution is 2.38. The Morgan fingerprint density at radius 1 is 1.38 bits per heavy atom. The second-order valence-corrected chi connectivity index (χ2v) is 5.28. The van der Waals surface area contributed by atoms with E-state index in [1.807, 2.05) is 0 Å². The number of rotatable bonds is 4. The summed E-state index contributed by atoms with van der Waals surface area (Å²) in [6, 6.07) is 8.33. The molecule has 2 rings (SSSR count). The van der Waals surface area contributed by atoms with Crippen LogP contribution in [-0.2, 0) is 0 Å². The number of hydrogen-bond acceptors (Lipinski definition) is 4. The van der Waals surface area contributed by atoms with E-state index >= 15 is 0 Å². The molecule has 0 aliphatic carbocycles. The second kappa shape index (κ2) is 6.19. The van der Waals surface area contributed by atoms with E-state index in [1.165, 1.54) is 24.3 Å². The van der Waals surface area contributed by atoms with Gasteiger partial charge in [0.15, 0.2) is 11.6 Å². The van der Waals surface area contributed by atoms with Crippen LogP contribution in [0.1, 0.15) is 18.5 Å². The van der Waals surface area contributed by atoms with Crippen LogP contribution in [0.25, 0.3) is 0 Å². The van der Waals surface area contributed by atoms with Gasteiger partial charge in [-0.2, -0.15) is 0 Å². The first kappa shape index (κ1) is 15.4. The zero-order valence-electron chi connectivity index (χ0n) is 11.0. The zero-order chi connectivity index (χ0) is 15.6. The molecule has 0 radical (unpaired) electrons. The molecule has 0 heterocycles. The molecule has 0 amide bonds. The van der Waals surface area contributed by atoms with Crippen LogP contribution in [0.5, 0.6) is 11.5 Å². The Kier molecular flexibility index (Phi) is 4.54. The van der Waals surface area contributed by atoms with Gasteiger partial charge in [0, 0.05) is 12.1 Å². The van der Waals surface area contributed by atoms with E-state index in [9.17, 15) is 14.5 Å². The molecule has 0 aliphatic heterocycles. The van der Waals surface area contributed by atoms with Gasteiger partial charge >= 0.3 is 5.69 Å². The summed E-state index contributed by atoms with van der Waals surface area (Å²) in [4.78, 5) is 10.4. The molecular formula is C14H12BrFN2O3. The molecule has 0 unspecified atom stereocenters. The van der Waals surface area contributed by atoms with Crippen LogP contribution in [0, 0.1) is 15.9 Å². The van der Waals surface area contributed by atoms with Crippen LogP contribution in [0.2, 0.25) is 0 Å². The molecule has 5 nitrogen and oxygen atoms in total. The number of nitrogens with zero attached hydrogens (tertiary/aromatic N) is 1. The maximum atomic E-state index is 14.0. The van der Waals surface area contributed by atoms with Gasteiger partial charge in [-0.25, -0.2) is 4.39 Å². The summed E-state index contributed by atoms with van der Waals surface area (Å²) in [6.07, 6.45) is 0. The Morgan fingerprint density at radius 2 is 2.10 bits per heavy atom. The fraction of sp³-hybridized carbons (Fsp3) is 0.143. The van der Waals surface area contributed by atoms with Crippen molar-refractivity contribution in [2.24, 2.45) is 5.73 Å². The largest absolute Gasteiger partial charge is 0.446 e. The molecule has 0 bridgehead atoms. The second-order valence-electron chi connectivity index (χ2n) is 4.43. The molecule has 1 atom stereocenters. The molecule has 2 aromatic carbocycles. The lowest BCUT2D eigenvalue weighted by Crippen LogP contribution is -2.05. The molecule has 0 saturated heterocycles. The van der Waals surface area contributed by atoms with E-state index in [1.54, 1.807) is 19.1 Å². The van der Waals surface area contributed by atoms with Crippen molar-refractivity contribution in [3.8, 4) is 11.5 Å². The Morgan fingerprint density at radius 3 is 2.67 bits per heavy atom. The predicted octanol–water partition coefficient (Wildman–Crippen LogP) is 4.31. The smallest absolute Gasteiger partial charge is 0.312 e. The quantitative estimate of drug-likeness (QED) is 0.655. The number of benzene rings is 2. The highest BCUT2D eigenvalue weighted by Gasteiger charge is 2.20. The summed E-state index contributed by atoms with van der Waals surface area (Å²) in [5.74, 6) is -0.779. The molecular weight excluding hydrogens is 343 g/mol. The minimum absolute atomic E-state index is 0.0463. The number of halogens is 2. The lowest BCUT2D eigenvalue weighted by atomic mass is 10.1. The van der Waals surface area contributed by atoms with E-state index in [2.05, 4.69) is 15.9 Å². The SMILES string of the molecule is C[C@H](N)c1ccc(Oc2c(Br)cccc2[N+](=O)[O-])c(F)c1. The van der Waals surface area contributed by atoms with E-state index in [-0.39, 0.29) is 23.2 Å². The third-order valence-electron chi connectivity index (χ3n) is 2.84. The topological polar surface area (TPSA) is 78.4 Å². The van der Waals surface area contributed by atoms with Crippen molar-refractivity contribution < 1.29 is 14.1 Å². The van der Waals surface area contributed by atoms with Crippen molar-refractivity contribution in [2.45, 2.75) is 13.0 Å². The monoisotopic (exact) mass is 354 g/mol. The van der Waals surface area contributed by atoms with Crippen molar-refractivity contribution in [1.82, 2.24) is 0 Å². The molecule has 0 fully saturated rings. The third-order valence-corrected chi connectivity index (χ3v) is 3.46. The summed E-state index contributed by atoms with van der Waals surface area (Å²) in [6.45, 7) is 1.73. The fourth-order valence-corrected chi connectivity index (χ4v) is 2.17. The normalized spacial score (nSPS) is 12.0. The number of nitro benzene ring substituents is 1. The number of para-hydroxylation sites is 1. The Bertz CT molecular complexity index is 692. The third kappa shape index (κ3) is 3.37. The van der Waals surface area contributed by atoms with Crippen molar-refractivity contribution in [1.29, 1.82) is 0 Å². The first-order valence-corrected chi connectivity index (χ1v) is 6.85. The molecule has 2 aromatic rings. The van der Waals surface area contributed by atoms with Gasteiger partial charge in [0.2, 0.25) is 5.75 Å². The molecule has 21 heavy (non-hydrogen) atoms. The van der Waals surface area contributed by atoms with Gasteiger partial charge in [-0.3, -0.25) is 10.1 Å². The first-order valence-electron chi connectivity index (χ1n) is 6.06. The Labute approximate surface area is 128 Å². The molecule has 0 spiro atoms. The van der Waals surface area contributed by atoms with E-state index < -0.39 is 10.7 Å². The average Bonchev–Trinajstić information content (AvgIpc) is 2.42. The highest BCUT2D eigenvalue weighted by atomic mass is 79.9. The van der Waals surface area contributed by atoms with Crippen LogP contribution in [0.4, 0.5) is 10.1 Å². The Hall–Kier alpha value is -1.99. The standard InChI is InChI=1S/C14H12BrFN2O3/c1-8(17)9-5-6-13(11(16)7-9)21-14-10(15)3-2-4-12(14)18(19)20/h2-8H,17H2,1H3/t8-/m0/s1. The van der Waals surface area contributed by atoms with E-state index in [0.717, 1.165) is 0 Å². The average molecular weight is 355 g/mol. The van der Waals surface area contributed by atoms with Crippen molar-refractivity contribution in [2.75, 3.05) is 0 Å². The highest BCUT2D eigenvalue weighted by molar-refractivity contribution is 9.10. The summed E-state index contributed by atoms with van der Waals surface area (Å²) in [5, 5.41) is 11.0. The van der Waals surface area contributed by atoms with Gasteiger partial charge in [0.05, 0.1) is 9.40 Å². The van der Waals surface area contributed by atoms with Crippen molar-refractivity contribution >= 4 is 21.6 Å². The van der Waals surface area contributed by atoms with Crippen LogP contribution < -0.4 is 10.5 Å². The minimum atomic E-state index is -0.630. The summed E-state index contributed by atoms with van der Waals surface area (Å²) in [7, 11) is 0. The molecule has 7 heteroatoms. The van der Waals surface area contributed by atoms with Crippen LogP contribution >= 0.6 is 15.9 Å². The van der Waals surface area contributed by atoms with Gasteiger partial charge in [-0.1, -0.05) is 12.1 Å². The number of ether oxygens (including phenoxy) is 1.